The van der Waals surface area contributed by atoms with Crippen molar-refractivity contribution in [1.82, 2.24) is 14.5 Å². The number of halogens is 1. The van der Waals surface area contributed by atoms with Gasteiger partial charge < -0.3 is 9.88 Å². The van der Waals surface area contributed by atoms with Crippen LogP contribution in [0.15, 0.2) is 40.1 Å². The Hall–Kier alpha value is -1.85. The van der Waals surface area contributed by atoms with Crippen LogP contribution in [0.2, 0.25) is 5.02 Å². The van der Waals surface area contributed by atoms with E-state index >= 15 is 0 Å². The topological polar surface area (TPSA) is 56.0 Å². The van der Waals surface area contributed by atoms with E-state index in [1.165, 1.54) is 11.6 Å². The minimum absolute atomic E-state index is 0.0469. The van der Waals surface area contributed by atoms with Gasteiger partial charge in [0.15, 0.2) is 0 Å². The summed E-state index contributed by atoms with van der Waals surface area (Å²) in [5.74, 6) is 0. The maximum atomic E-state index is 12.0. The van der Waals surface area contributed by atoms with Crippen molar-refractivity contribution in [3.05, 3.63) is 67.4 Å². The normalized spacial score (nSPS) is 12.4. The Balaban J connectivity index is 2.17. The molecule has 0 fully saturated rings. The second kappa shape index (κ2) is 6.28. The van der Waals surface area contributed by atoms with Crippen LogP contribution in [0.4, 0.5) is 0 Å². The SMILES string of the molecule is C[C@@H](NCc1cn(C)c(=O)n(C)c1=O)c1cccc(Cl)c1. The lowest BCUT2D eigenvalue weighted by molar-refractivity contribution is 0.559. The maximum Gasteiger partial charge on any atom is 0.330 e. The number of rotatable bonds is 4. The van der Waals surface area contributed by atoms with Crippen molar-refractivity contribution in [1.29, 1.82) is 0 Å². The lowest BCUT2D eigenvalue weighted by atomic mass is 10.1. The first-order chi connectivity index (χ1) is 9.90. The fourth-order valence-corrected chi connectivity index (χ4v) is 2.36. The van der Waals surface area contributed by atoms with Crippen LogP contribution < -0.4 is 16.6 Å². The first-order valence-electron chi connectivity index (χ1n) is 6.64. The zero-order valence-corrected chi connectivity index (χ0v) is 13.0. The highest BCUT2D eigenvalue weighted by Crippen LogP contribution is 2.17. The van der Waals surface area contributed by atoms with E-state index in [9.17, 15) is 9.59 Å². The van der Waals surface area contributed by atoms with Crippen molar-refractivity contribution in [2.24, 2.45) is 14.1 Å². The van der Waals surface area contributed by atoms with Crippen LogP contribution in [0.1, 0.15) is 24.1 Å². The highest BCUT2D eigenvalue weighted by molar-refractivity contribution is 6.30. The van der Waals surface area contributed by atoms with Crippen molar-refractivity contribution in [3.63, 3.8) is 0 Å². The first kappa shape index (κ1) is 15.5. The number of hydrogen-bond donors (Lipinski definition) is 1. The summed E-state index contributed by atoms with van der Waals surface area (Å²) in [5, 5.41) is 3.95. The molecular formula is C15H18ClN3O2. The van der Waals surface area contributed by atoms with Crippen molar-refractivity contribution in [2.45, 2.75) is 19.5 Å². The summed E-state index contributed by atoms with van der Waals surface area (Å²) in [6.07, 6.45) is 1.57. The van der Waals surface area contributed by atoms with Crippen molar-refractivity contribution >= 4 is 11.6 Å². The van der Waals surface area contributed by atoms with Gasteiger partial charge in [-0.2, -0.15) is 0 Å². The molecule has 0 amide bonds. The van der Waals surface area contributed by atoms with Crippen molar-refractivity contribution < 1.29 is 0 Å². The number of aryl methyl sites for hydroxylation is 1. The van der Waals surface area contributed by atoms with Gasteiger partial charge in [-0.15, -0.1) is 0 Å². The molecule has 1 aromatic heterocycles. The molecule has 0 unspecified atom stereocenters. The van der Waals surface area contributed by atoms with Crippen molar-refractivity contribution in [2.75, 3.05) is 0 Å². The van der Waals surface area contributed by atoms with Gasteiger partial charge in [-0.05, 0) is 24.6 Å². The highest BCUT2D eigenvalue weighted by Gasteiger charge is 2.09. The van der Waals surface area contributed by atoms with E-state index in [1.807, 2.05) is 31.2 Å². The molecule has 21 heavy (non-hydrogen) atoms. The Kier molecular flexibility index (Phi) is 4.65. The molecule has 1 aromatic carbocycles. The van der Waals surface area contributed by atoms with Gasteiger partial charge in [0.25, 0.3) is 5.56 Å². The van der Waals surface area contributed by atoms with Crippen LogP contribution in [0.25, 0.3) is 0 Å². The minimum atomic E-state index is -0.327. The highest BCUT2D eigenvalue weighted by atomic mass is 35.5. The second-order valence-corrected chi connectivity index (χ2v) is 5.51. The van der Waals surface area contributed by atoms with Gasteiger partial charge in [0.05, 0.1) is 0 Å². The molecule has 1 N–H and O–H groups in total. The van der Waals surface area contributed by atoms with Crippen LogP contribution in [-0.4, -0.2) is 9.13 Å². The van der Waals surface area contributed by atoms with E-state index in [-0.39, 0.29) is 17.3 Å². The molecule has 0 radical (unpaired) electrons. The van der Waals surface area contributed by atoms with Crippen LogP contribution in [0, 0.1) is 0 Å². The molecule has 0 aliphatic heterocycles. The van der Waals surface area contributed by atoms with Crippen LogP contribution in [0.3, 0.4) is 0 Å². The Morgan fingerprint density at radius 3 is 2.67 bits per heavy atom. The molecule has 1 atom stereocenters. The van der Waals surface area contributed by atoms with E-state index in [1.54, 1.807) is 13.2 Å². The van der Waals surface area contributed by atoms with Crippen LogP contribution in [0.5, 0.6) is 0 Å². The lowest BCUT2D eigenvalue weighted by Crippen LogP contribution is -2.39. The number of nitrogens with zero attached hydrogens (tertiary/aromatic N) is 2. The van der Waals surface area contributed by atoms with Crippen molar-refractivity contribution in [3.8, 4) is 0 Å². The van der Waals surface area contributed by atoms with Gasteiger partial charge in [-0.1, -0.05) is 23.7 Å². The third-order valence-corrected chi connectivity index (χ3v) is 3.70. The van der Waals surface area contributed by atoms with Gasteiger partial charge >= 0.3 is 5.69 Å². The summed E-state index contributed by atoms with van der Waals surface area (Å²) in [6, 6.07) is 7.62. The van der Waals surface area contributed by atoms with E-state index in [0.717, 1.165) is 10.1 Å². The fourth-order valence-electron chi connectivity index (χ4n) is 2.16. The number of hydrogen-bond acceptors (Lipinski definition) is 3. The third kappa shape index (κ3) is 3.43. The first-order valence-corrected chi connectivity index (χ1v) is 7.02. The Morgan fingerprint density at radius 1 is 1.29 bits per heavy atom. The van der Waals surface area contributed by atoms with E-state index in [2.05, 4.69) is 5.32 Å². The van der Waals surface area contributed by atoms with E-state index in [0.29, 0.717) is 17.1 Å². The Labute approximate surface area is 127 Å². The molecule has 0 saturated carbocycles. The molecule has 1 heterocycles. The van der Waals surface area contributed by atoms with Gasteiger partial charge in [0, 0.05) is 43.5 Å². The zero-order valence-electron chi connectivity index (χ0n) is 12.3. The summed E-state index contributed by atoms with van der Waals surface area (Å²) in [5.41, 5.74) is 0.994. The molecule has 0 aliphatic carbocycles. The molecule has 5 nitrogen and oxygen atoms in total. The smallest absolute Gasteiger partial charge is 0.306 e. The quantitative estimate of drug-likeness (QED) is 0.933. The summed E-state index contributed by atoms with van der Waals surface area (Å²) < 4.78 is 2.52. The standard InChI is InChI=1S/C15H18ClN3O2/c1-10(11-5-4-6-13(16)7-11)17-8-12-9-18(2)15(21)19(3)14(12)20/h4-7,9-10,17H,8H2,1-3H3/t10-/m1/s1. The van der Waals surface area contributed by atoms with E-state index < -0.39 is 0 Å². The summed E-state index contributed by atoms with van der Waals surface area (Å²) in [4.78, 5) is 23.7. The minimum Gasteiger partial charge on any atom is -0.306 e. The molecular weight excluding hydrogens is 290 g/mol. The average Bonchev–Trinajstić information content (AvgIpc) is 2.47. The Bertz CT molecular complexity index is 764. The average molecular weight is 308 g/mol. The van der Waals surface area contributed by atoms with E-state index in [4.69, 9.17) is 11.6 Å². The predicted octanol–water partition coefficient (Wildman–Crippen LogP) is 1.59. The van der Waals surface area contributed by atoms with Gasteiger partial charge in [0.1, 0.15) is 0 Å². The molecule has 0 bridgehead atoms. The Morgan fingerprint density at radius 2 is 2.00 bits per heavy atom. The molecule has 112 valence electrons. The van der Waals surface area contributed by atoms with Gasteiger partial charge in [-0.3, -0.25) is 9.36 Å². The summed E-state index contributed by atoms with van der Waals surface area (Å²) in [7, 11) is 3.11. The summed E-state index contributed by atoms with van der Waals surface area (Å²) >= 11 is 5.97. The van der Waals surface area contributed by atoms with Crippen LogP contribution >= 0.6 is 11.6 Å². The zero-order chi connectivity index (χ0) is 15.6. The number of aromatic nitrogens is 2. The monoisotopic (exact) mass is 307 g/mol. The number of nitrogens with one attached hydrogen (secondary N) is 1. The second-order valence-electron chi connectivity index (χ2n) is 5.07. The molecule has 2 rings (SSSR count). The fraction of sp³-hybridized carbons (Fsp3) is 0.333. The van der Waals surface area contributed by atoms with Gasteiger partial charge in [-0.25, -0.2) is 4.79 Å². The third-order valence-electron chi connectivity index (χ3n) is 3.46. The molecule has 6 heteroatoms. The molecule has 0 aliphatic rings. The predicted molar refractivity (Wildman–Crippen MR) is 83.6 cm³/mol. The molecule has 0 saturated heterocycles. The maximum absolute atomic E-state index is 12.0. The van der Waals surface area contributed by atoms with Gasteiger partial charge in [0.2, 0.25) is 0 Å². The molecule has 2 aromatic rings. The summed E-state index contributed by atoms with van der Waals surface area (Å²) in [6.45, 7) is 2.38. The van der Waals surface area contributed by atoms with Crippen LogP contribution in [-0.2, 0) is 20.6 Å². The lowest BCUT2D eigenvalue weighted by Gasteiger charge is -2.15. The number of benzene rings is 1. The molecule has 0 spiro atoms. The largest absolute Gasteiger partial charge is 0.330 e.